The molecule has 0 radical (unpaired) electrons. The molecule has 196 valence electrons. The zero-order valence-corrected chi connectivity index (χ0v) is 19.9. The molecule has 0 aliphatic carbocycles. The second kappa shape index (κ2) is 10.3. The molecule has 0 spiro atoms. The van der Waals surface area contributed by atoms with Gasteiger partial charge in [-0.15, -0.1) is 0 Å². The standard InChI is InChI=1S/C26H23F4NO6/c1-3-35-19(32)12-14-9-10-18(17(27)11-14)31-24(33)20-21(25(31)34)23(37-13-26(28,29)30)16-8-6-5-7-15(16)22(20)36-4-2/h5-11,25,34H,3-4,12-13H2,1-2H3. The minimum Gasteiger partial charge on any atom is -0.492 e. The van der Waals surface area contributed by atoms with Crippen molar-refractivity contribution in [1.29, 1.82) is 0 Å². The molecule has 1 heterocycles. The molecule has 3 aromatic carbocycles. The van der Waals surface area contributed by atoms with Crippen molar-refractivity contribution in [2.24, 2.45) is 0 Å². The molecule has 1 N–H and O–H groups in total. The number of nitrogens with zero attached hydrogens (tertiary/aromatic N) is 1. The molecule has 4 rings (SSSR count). The van der Waals surface area contributed by atoms with Crippen molar-refractivity contribution in [2.45, 2.75) is 32.7 Å². The van der Waals surface area contributed by atoms with Crippen LogP contribution in [0.5, 0.6) is 11.5 Å². The van der Waals surface area contributed by atoms with Crippen molar-refractivity contribution >= 4 is 28.3 Å². The van der Waals surface area contributed by atoms with Crippen LogP contribution in [0.15, 0.2) is 42.5 Å². The first-order valence-electron chi connectivity index (χ1n) is 11.4. The summed E-state index contributed by atoms with van der Waals surface area (Å²) in [6, 6.07) is 9.82. The number of benzene rings is 3. The van der Waals surface area contributed by atoms with Crippen LogP contribution in [0, 0.1) is 5.82 Å². The summed E-state index contributed by atoms with van der Waals surface area (Å²) in [7, 11) is 0. The van der Waals surface area contributed by atoms with Crippen LogP contribution >= 0.6 is 0 Å². The molecular weight excluding hydrogens is 498 g/mol. The summed E-state index contributed by atoms with van der Waals surface area (Å²) < 4.78 is 70.0. The highest BCUT2D eigenvalue weighted by Crippen LogP contribution is 2.50. The van der Waals surface area contributed by atoms with E-state index in [0.717, 1.165) is 11.0 Å². The van der Waals surface area contributed by atoms with Gasteiger partial charge in [0.15, 0.2) is 12.8 Å². The van der Waals surface area contributed by atoms with Crippen molar-refractivity contribution in [2.75, 3.05) is 24.7 Å². The van der Waals surface area contributed by atoms with Crippen molar-refractivity contribution < 1.29 is 46.5 Å². The van der Waals surface area contributed by atoms with Gasteiger partial charge in [-0.3, -0.25) is 14.5 Å². The number of hydrogen-bond donors (Lipinski definition) is 1. The van der Waals surface area contributed by atoms with Gasteiger partial charge in [0.25, 0.3) is 5.91 Å². The molecule has 0 saturated heterocycles. The Balaban J connectivity index is 1.85. The molecular formula is C26H23F4NO6. The number of fused-ring (bicyclic) bond motifs is 2. The lowest BCUT2D eigenvalue weighted by Crippen LogP contribution is -2.28. The number of halogens is 4. The highest BCUT2D eigenvalue weighted by Gasteiger charge is 2.44. The highest BCUT2D eigenvalue weighted by atomic mass is 19.4. The topological polar surface area (TPSA) is 85.3 Å². The maximum atomic E-state index is 15.2. The third-order valence-corrected chi connectivity index (χ3v) is 5.69. The van der Waals surface area contributed by atoms with Crippen LogP contribution in [0.25, 0.3) is 10.8 Å². The van der Waals surface area contributed by atoms with Crippen LogP contribution in [0.1, 0.15) is 41.6 Å². The molecule has 1 unspecified atom stereocenters. The van der Waals surface area contributed by atoms with E-state index in [2.05, 4.69) is 0 Å². The Hall–Kier alpha value is -3.86. The van der Waals surface area contributed by atoms with E-state index in [-0.39, 0.29) is 58.9 Å². The van der Waals surface area contributed by atoms with Gasteiger partial charge in [0.2, 0.25) is 0 Å². The van der Waals surface area contributed by atoms with Gasteiger partial charge in [0.1, 0.15) is 17.3 Å². The fourth-order valence-electron chi connectivity index (χ4n) is 4.29. The zero-order valence-electron chi connectivity index (χ0n) is 19.9. The fourth-order valence-corrected chi connectivity index (χ4v) is 4.29. The summed E-state index contributed by atoms with van der Waals surface area (Å²) >= 11 is 0. The average Bonchev–Trinajstić information content (AvgIpc) is 3.08. The maximum absolute atomic E-state index is 15.2. The Labute approximate surface area is 209 Å². The summed E-state index contributed by atoms with van der Waals surface area (Å²) in [5.74, 6) is -2.70. The lowest BCUT2D eigenvalue weighted by molar-refractivity contribution is -0.153. The van der Waals surface area contributed by atoms with E-state index in [1.807, 2.05) is 0 Å². The van der Waals surface area contributed by atoms with Gasteiger partial charge in [-0.25, -0.2) is 4.39 Å². The number of ether oxygens (including phenoxy) is 3. The minimum absolute atomic E-state index is 0.0401. The number of aliphatic hydroxyl groups is 1. The number of alkyl halides is 3. The van der Waals surface area contributed by atoms with Gasteiger partial charge in [0.05, 0.1) is 36.4 Å². The highest BCUT2D eigenvalue weighted by molar-refractivity contribution is 6.17. The number of hydrogen-bond acceptors (Lipinski definition) is 6. The monoisotopic (exact) mass is 521 g/mol. The van der Waals surface area contributed by atoms with E-state index in [0.29, 0.717) is 5.39 Å². The van der Waals surface area contributed by atoms with Crippen molar-refractivity contribution in [3.8, 4) is 11.5 Å². The normalized spacial score (nSPS) is 15.2. The van der Waals surface area contributed by atoms with Crippen molar-refractivity contribution in [1.82, 2.24) is 0 Å². The number of amides is 1. The van der Waals surface area contributed by atoms with E-state index in [4.69, 9.17) is 14.2 Å². The number of rotatable bonds is 8. The minimum atomic E-state index is -4.69. The average molecular weight is 521 g/mol. The molecule has 0 fully saturated rings. The summed E-state index contributed by atoms with van der Waals surface area (Å²) in [5.41, 5.74) is -0.547. The van der Waals surface area contributed by atoms with Gasteiger partial charge in [-0.05, 0) is 31.5 Å². The van der Waals surface area contributed by atoms with Crippen molar-refractivity contribution in [3.63, 3.8) is 0 Å². The SMILES string of the molecule is CCOC(=O)Cc1ccc(N2C(=O)c3c(c(OCC(F)(F)F)c4ccccc4c3OCC)C2O)c(F)c1. The van der Waals surface area contributed by atoms with Gasteiger partial charge < -0.3 is 19.3 Å². The molecule has 1 atom stereocenters. The smallest absolute Gasteiger partial charge is 0.422 e. The first kappa shape index (κ1) is 26.2. The fraction of sp³-hybridized carbons (Fsp3) is 0.308. The molecule has 11 heteroatoms. The van der Waals surface area contributed by atoms with Crippen LogP contribution in [0.3, 0.4) is 0 Å². The van der Waals surface area contributed by atoms with Crippen LogP contribution in [0.2, 0.25) is 0 Å². The molecule has 1 aliphatic rings. The van der Waals surface area contributed by atoms with E-state index in [9.17, 15) is 27.9 Å². The number of aliphatic hydroxyl groups excluding tert-OH is 1. The van der Waals surface area contributed by atoms with Crippen molar-refractivity contribution in [3.05, 3.63) is 65.0 Å². The zero-order chi connectivity index (χ0) is 26.9. The summed E-state index contributed by atoms with van der Waals surface area (Å²) in [6.45, 7) is 1.88. The lowest BCUT2D eigenvalue weighted by atomic mass is 9.98. The third kappa shape index (κ3) is 5.04. The first-order valence-corrected chi connectivity index (χ1v) is 11.4. The van der Waals surface area contributed by atoms with Crippen LogP contribution in [-0.2, 0) is 16.0 Å². The van der Waals surface area contributed by atoms with E-state index < -0.39 is 36.7 Å². The van der Waals surface area contributed by atoms with Gasteiger partial charge in [-0.1, -0.05) is 30.3 Å². The Morgan fingerprint density at radius 3 is 2.30 bits per heavy atom. The third-order valence-electron chi connectivity index (χ3n) is 5.69. The van der Waals surface area contributed by atoms with Gasteiger partial charge >= 0.3 is 12.1 Å². The maximum Gasteiger partial charge on any atom is 0.422 e. The number of carbonyl (C=O) groups excluding carboxylic acids is 2. The van der Waals surface area contributed by atoms with Gasteiger partial charge in [0, 0.05) is 10.8 Å². The first-order chi connectivity index (χ1) is 17.6. The Morgan fingerprint density at radius 1 is 1.03 bits per heavy atom. The summed E-state index contributed by atoms with van der Waals surface area (Å²) in [4.78, 5) is 26.0. The van der Waals surface area contributed by atoms with Crippen LogP contribution in [-0.4, -0.2) is 43.0 Å². The predicted octanol–water partition coefficient (Wildman–Crippen LogP) is 5.08. The predicted molar refractivity (Wildman–Crippen MR) is 125 cm³/mol. The van der Waals surface area contributed by atoms with Crippen LogP contribution in [0.4, 0.5) is 23.2 Å². The quantitative estimate of drug-likeness (QED) is 0.329. The van der Waals surface area contributed by atoms with E-state index in [1.165, 1.54) is 18.2 Å². The number of esters is 1. The Bertz CT molecular complexity index is 1360. The molecule has 37 heavy (non-hydrogen) atoms. The van der Waals surface area contributed by atoms with E-state index in [1.54, 1.807) is 32.0 Å². The lowest BCUT2D eigenvalue weighted by Gasteiger charge is -2.23. The summed E-state index contributed by atoms with van der Waals surface area (Å²) in [6.07, 6.45) is -6.78. The van der Waals surface area contributed by atoms with Gasteiger partial charge in [-0.2, -0.15) is 13.2 Å². The van der Waals surface area contributed by atoms with Crippen LogP contribution < -0.4 is 14.4 Å². The number of carbonyl (C=O) groups is 2. The second-order valence-corrected chi connectivity index (χ2v) is 8.15. The molecule has 3 aromatic rings. The largest absolute Gasteiger partial charge is 0.492 e. The summed E-state index contributed by atoms with van der Waals surface area (Å²) in [5, 5.41) is 11.7. The molecule has 0 saturated carbocycles. The molecule has 1 aliphatic heterocycles. The molecule has 7 nitrogen and oxygen atoms in total. The Kier molecular flexibility index (Phi) is 7.26. The molecule has 0 bridgehead atoms. The Morgan fingerprint density at radius 2 is 1.70 bits per heavy atom. The molecule has 0 aromatic heterocycles. The van der Waals surface area contributed by atoms with E-state index >= 15 is 4.39 Å². The number of anilines is 1. The molecule has 1 amide bonds. The second-order valence-electron chi connectivity index (χ2n) is 8.15.